The molecule has 46 heavy (non-hydrogen) atoms. The van der Waals surface area contributed by atoms with Gasteiger partial charge in [-0.3, -0.25) is 9.59 Å². The van der Waals surface area contributed by atoms with Gasteiger partial charge in [0.2, 0.25) is 0 Å². The van der Waals surface area contributed by atoms with E-state index in [9.17, 15) is 14.9 Å². The Hall–Kier alpha value is -5.23. The number of nitrogens with zero attached hydrogens (tertiary/aromatic N) is 6. The van der Waals surface area contributed by atoms with Crippen LogP contribution in [0.2, 0.25) is 0 Å². The second-order valence-electron chi connectivity index (χ2n) is 12.3. The topological polar surface area (TPSA) is 104 Å². The molecule has 0 aliphatic carbocycles. The van der Waals surface area contributed by atoms with Crippen molar-refractivity contribution in [1.29, 1.82) is 5.26 Å². The number of aromatic nitrogens is 3. The number of fused-ring (bicyclic) bond motifs is 2. The van der Waals surface area contributed by atoms with Gasteiger partial charge in [-0.2, -0.15) is 5.26 Å². The van der Waals surface area contributed by atoms with Crippen molar-refractivity contribution in [3.05, 3.63) is 102 Å². The summed E-state index contributed by atoms with van der Waals surface area (Å²) in [6.07, 6.45) is 4.11. The summed E-state index contributed by atoms with van der Waals surface area (Å²) < 4.78 is 8.21. The number of aryl methyl sites for hydroxylation is 1. The van der Waals surface area contributed by atoms with Gasteiger partial charge >= 0.3 is 0 Å². The molecule has 2 fully saturated rings. The van der Waals surface area contributed by atoms with E-state index < -0.39 is 5.41 Å². The predicted molar refractivity (Wildman–Crippen MR) is 175 cm³/mol. The van der Waals surface area contributed by atoms with Crippen molar-refractivity contribution in [3.63, 3.8) is 0 Å². The molecule has 0 N–H and O–H groups in total. The fourth-order valence-electron chi connectivity index (χ4n) is 6.80. The lowest BCUT2D eigenvalue weighted by atomic mass is 9.74. The van der Waals surface area contributed by atoms with Crippen LogP contribution in [0.1, 0.15) is 64.3 Å². The smallest absolute Gasteiger partial charge is 0.272 e. The molecule has 2 saturated heterocycles. The van der Waals surface area contributed by atoms with Crippen LogP contribution in [0.5, 0.6) is 5.75 Å². The minimum Gasteiger partial charge on any atom is -0.486 e. The Morgan fingerprint density at radius 1 is 0.826 bits per heavy atom. The monoisotopic (exact) mass is 612 g/mol. The number of amides is 2. The van der Waals surface area contributed by atoms with Crippen LogP contribution >= 0.6 is 0 Å². The Morgan fingerprint density at radius 3 is 2.28 bits per heavy atom. The number of rotatable bonds is 6. The van der Waals surface area contributed by atoms with Crippen LogP contribution in [-0.4, -0.2) is 62.3 Å². The number of nitriles is 1. The number of ether oxygens (including phenoxy) is 1. The minimum absolute atomic E-state index is 0.0973. The Balaban J connectivity index is 1.17. The van der Waals surface area contributed by atoms with Gasteiger partial charge in [0.1, 0.15) is 23.9 Å². The van der Waals surface area contributed by atoms with Crippen LogP contribution in [0.15, 0.2) is 78.9 Å². The molecular formula is C37H36N6O3. The highest BCUT2D eigenvalue weighted by Gasteiger charge is 2.38. The van der Waals surface area contributed by atoms with E-state index in [1.54, 1.807) is 11.0 Å². The van der Waals surface area contributed by atoms with Gasteiger partial charge in [0.25, 0.3) is 11.8 Å². The van der Waals surface area contributed by atoms with Crippen LogP contribution in [0.25, 0.3) is 21.9 Å². The molecule has 0 unspecified atom stereocenters. The maximum Gasteiger partial charge on any atom is 0.272 e. The van der Waals surface area contributed by atoms with Gasteiger partial charge < -0.3 is 19.1 Å². The van der Waals surface area contributed by atoms with Crippen LogP contribution in [0.4, 0.5) is 0 Å². The Bertz CT molecular complexity index is 1960. The third-order valence-electron chi connectivity index (χ3n) is 9.57. The molecule has 0 saturated carbocycles. The molecule has 2 aliphatic heterocycles. The zero-order valence-corrected chi connectivity index (χ0v) is 26.0. The summed E-state index contributed by atoms with van der Waals surface area (Å²) in [5, 5.41) is 10.8. The highest BCUT2D eigenvalue weighted by Crippen LogP contribution is 2.35. The van der Waals surface area contributed by atoms with Gasteiger partial charge in [-0.15, -0.1) is 0 Å². The van der Waals surface area contributed by atoms with Gasteiger partial charge in [0, 0.05) is 38.6 Å². The summed E-state index contributed by atoms with van der Waals surface area (Å²) in [5.74, 6) is 1.06. The van der Waals surface area contributed by atoms with Gasteiger partial charge in [-0.05, 0) is 74.1 Å². The molecule has 0 spiro atoms. The largest absolute Gasteiger partial charge is 0.486 e. The Labute approximate surface area is 268 Å². The maximum atomic E-state index is 14.0. The Kier molecular flexibility index (Phi) is 7.87. The Morgan fingerprint density at radius 2 is 1.54 bits per heavy atom. The summed E-state index contributed by atoms with van der Waals surface area (Å²) in [6.45, 7) is 2.52. The van der Waals surface area contributed by atoms with Gasteiger partial charge in [-0.25, -0.2) is 9.97 Å². The molecule has 0 atom stereocenters. The molecule has 2 aromatic heterocycles. The molecule has 2 amide bonds. The summed E-state index contributed by atoms with van der Waals surface area (Å²) in [4.78, 5) is 40.9. The molecular weight excluding hydrogens is 576 g/mol. The highest BCUT2D eigenvalue weighted by molar-refractivity contribution is 6.09. The number of carbonyl (C=O) groups is 2. The number of hydrogen-bond acceptors (Lipinski definition) is 6. The molecule has 4 heterocycles. The van der Waals surface area contributed by atoms with Crippen molar-refractivity contribution in [1.82, 2.24) is 24.3 Å². The van der Waals surface area contributed by atoms with Crippen molar-refractivity contribution < 1.29 is 14.3 Å². The van der Waals surface area contributed by atoms with E-state index in [0.717, 1.165) is 41.7 Å². The molecule has 7 rings (SSSR count). The van der Waals surface area contributed by atoms with E-state index >= 15 is 0 Å². The van der Waals surface area contributed by atoms with Gasteiger partial charge in [-0.1, -0.05) is 42.5 Å². The van der Waals surface area contributed by atoms with Crippen molar-refractivity contribution in [2.24, 2.45) is 7.05 Å². The zero-order chi connectivity index (χ0) is 31.7. The molecule has 3 aromatic carbocycles. The molecule has 0 bridgehead atoms. The number of hydrogen-bond donors (Lipinski definition) is 0. The number of likely N-dealkylation sites (tertiary alicyclic amines) is 2. The van der Waals surface area contributed by atoms with E-state index in [-0.39, 0.29) is 24.1 Å². The highest BCUT2D eigenvalue weighted by atomic mass is 16.5. The predicted octanol–water partition coefficient (Wildman–Crippen LogP) is 6.02. The first-order chi connectivity index (χ1) is 22.5. The van der Waals surface area contributed by atoms with E-state index in [1.165, 1.54) is 0 Å². The quantitative estimate of drug-likeness (QED) is 0.232. The SMILES string of the molecule is Cn1c(COc2ccc3nc(C(=O)N4CCC(C#N)(c5ccccc5)CC4)cc(C(=O)N4CCCCC4)c3c2)nc2ccccc21. The zero-order valence-electron chi connectivity index (χ0n) is 26.0. The molecule has 2 aliphatic rings. The summed E-state index contributed by atoms with van der Waals surface area (Å²) in [6, 6.07) is 27.4. The molecule has 9 nitrogen and oxygen atoms in total. The van der Waals surface area contributed by atoms with Crippen LogP contribution in [-0.2, 0) is 19.1 Å². The second-order valence-corrected chi connectivity index (χ2v) is 12.3. The van der Waals surface area contributed by atoms with Gasteiger partial charge in [0.15, 0.2) is 0 Å². The average Bonchev–Trinajstić information content (AvgIpc) is 3.45. The number of imidazole rings is 1. The molecule has 5 aromatic rings. The van der Waals surface area contributed by atoms with Crippen molar-refractivity contribution >= 4 is 33.8 Å². The fourth-order valence-corrected chi connectivity index (χ4v) is 6.80. The maximum absolute atomic E-state index is 14.0. The van der Waals surface area contributed by atoms with E-state index in [1.807, 2.05) is 89.3 Å². The third-order valence-corrected chi connectivity index (χ3v) is 9.57. The second kappa shape index (κ2) is 12.3. The number of piperidine rings is 2. The van der Waals surface area contributed by atoms with Crippen LogP contribution < -0.4 is 4.74 Å². The van der Waals surface area contributed by atoms with E-state index in [0.29, 0.717) is 61.2 Å². The standard InChI is InChI=1S/C37H36N6O3/c1-41-33-13-7-6-12-31(33)40-34(41)24-46-27-14-15-30-28(22-27)29(35(44)42-18-8-3-9-19-42)23-32(39-30)36(45)43-20-16-37(25-38,17-21-43)26-10-4-2-5-11-26/h2,4-7,10-15,22-23H,3,8-9,16-21,24H2,1H3. The molecule has 9 heteroatoms. The fraction of sp³-hybridized carbons (Fsp3) is 0.324. The lowest BCUT2D eigenvalue weighted by Crippen LogP contribution is -2.45. The van der Waals surface area contributed by atoms with Crippen molar-refractivity contribution in [2.75, 3.05) is 26.2 Å². The number of benzene rings is 3. The first kappa shape index (κ1) is 29.5. The lowest BCUT2D eigenvalue weighted by Gasteiger charge is -2.37. The first-order valence-corrected chi connectivity index (χ1v) is 16.0. The van der Waals surface area contributed by atoms with Crippen LogP contribution in [0.3, 0.4) is 0 Å². The number of carbonyl (C=O) groups excluding carboxylic acids is 2. The molecule has 0 radical (unpaired) electrons. The van der Waals surface area contributed by atoms with E-state index in [4.69, 9.17) is 14.7 Å². The van der Waals surface area contributed by atoms with Crippen LogP contribution in [0, 0.1) is 11.3 Å². The first-order valence-electron chi connectivity index (χ1n) is 16.0. The summed E-state index contributed by atoms with van der Waals surface area (Å²) in [7, 11) is 1.97. The number of para-hydroxylation sites is 2. The minimum atomic E-state index is -0.623. The normalized spacial score (nSPS) is 16.3. The van der Waals surface area contributed by atoms with E-state index in [2.05, 4.69) is 6.07 Å². The number of pyridine rings is 1. The average molecular weight is 613 g/mol. The third kappa shape index (κ3) is 5.45. The molecule has 232 valence electrons. The summed E-state index contributed by atoms with van der Waals surface area (Å²) >= 11 is 0. The lowest BCUT2D eigenvalue weighted by molar-refractivity contribution is 0.0686. The summed E-state index contributed by atoms with van der Waals surface area (Å²) in [5.41, 5.74) is 3.56. The van der Waals surface area contributed by atoms with Crippen molar-refractivity contribution in [2.45, 2.75) is 44.1 Å². The van der Waals surface area contributed by atoms with Gasteiger partial charge in [0.05, 0.1) is 33.6 Å². The van der Waals surface area contributed by atoms with Crippen molar-refractivity contribution in [3.8, 4) is 11.8 Å².